The third kappa shape index (κ3) is 3.97. The van der Waals surface area contributed by atoms with E-state index in [4.69, 9.17) is 4.42 Å². The van der Waals surface area contributed by atoms with Crippen molar-refractivity contribution in [3.63, 3.8) is 0 Å². The van der Waals surface area contributed by atoms with Gasteiger partial charge in [-0.2, -0.15) is 0 Å². The highest BCUT2D eigenvalue weighted by molar-refractivity contribution is 7.84. The summed E-state index contributed by atoms with van der Waals surface area (Å²) in [6.45, 7) is 4.25. The minimum absolute atomic E-state index is 0.188. The van der Waals surface area contributed by atoms with Crippen LogP contribution in [0.5, 0.6) is 0 Å². The van der Waals surface area contributed by atoms with Crippen LogP contribution in [0.1, 0.15) is 18.7 Å². The van der Waals surface area contributed by atoms with Gasteiger partial charge in [-0.3, -0.25) is 4.21 Å². The zero-order valence-corrected chi connectivity index (χ0v) is 9.43. The summed E-state index contributed by atoms with van der Waals surface area (Å²) in [5, 5.41) is 10.7. The van der Waals surface area contributed by atoms with Crippen LogP contribution in [0.25, 0.3) is 0 Å². The lowest BCUT2D eigenvalue weighted by molar-refractivity contribution is 0.434. The molecule has 2 atom stereocenters. The first-order valence-corrected chi connectivity index (χ1v) is 6.13. The van der Waals surface area contributed by atoms with Crippen molar-refractivity contribution in [1.82, 2.24) is 15.5 Å². The number of aryl methyl sites for hydroxylation is 1. The molecule has 0 spiro atoms. The third-order valence-electron chi connectivity index (χ3n) is 1.65. The van der Waals surface area contributed by atoms with Crippen molar-refractivity contribution >= 4 is 10.8 Å². The van der Waals surface area contributed by atoms with E-state index in [-0.39, 0.29) is 6.04 Å². The van der Waals surface area contributed by atoms with E-state index < -0.39 is 10.8 Å². The summed E-state index contributed by atoms with van der Waals surface area (Å²) in [7, 11) is -0.777. The standard InChI is InChI=1S/C8H15N3O2S/c1-6(5-14(3)12)9-4-8-11-10-7(2)13-8/h6,9H,4-5H2,1-3H3. The Morgan fingerprint density at radius 3 is 2.79 bits per heavy atom. The van der Waals surface area contributed by atoms with E-state index >= 15 is 0 Å². The molecular formula is C8H15N3O2S. The molecule has 6 heteroatoms. The minimum atomic E-state index is -0.777. The molecule has 0 saturated carbocycles. The SMILES string of the molecule is Cc1nnc(CNC(C)CS(C)=O)o1. The van der Waals surface area contributed by atoms with Gasteiger partial charge in [0, 0.05) is 35.8 Å². The normalized spacial score (nSPS) is 15.4. The highest BCUT2D eigenvalue weighted by atomic mass is 32.2. The summed E-state index contributed by atoms with van der Waals surface area (Å²) >= 11 is 0. The fourth-order valence-corrected chi connectivity index (χ4v) is 1.90. The molecule has 2 unspecified atom stereocenters. The lowest BCUT2D eigenvalue weighted by atomic mass is 10.4. The van der Waals surface area contributed by atoms with Crippen molar-refractivity contribution in [3.8, 4) is 0 Å². The summed E-state index contributed by atoms with van der Waals surface area (Å²) in [6.07, 6.45) is 1.69. The first kappa shape index (κ1) is 11.3. The number of hydrogen-bond acceptors (Lipinski definition) is 5. The Balaban J connectivity index is 2.30. The molecule has 0 fully saturated rings. The smallest absolute Gasteiger partial charge is 0.230 e. The van der Waals surface area contributed by atoms with Crippen molar-refractivity contribution in [1.29, 1.82) is 0 Å². The van der Waals surface area contributed by atoms with Gasteiger partial charge in [-0.15, -0.1) is 10.2 Å². The monoisotopic (exact) mass is 217 g/mol. The molecule has 1 aromatic heterocycles. The quantitative estimate of drug-likeness (QED) is 0.765. The summed E-state index contributed by atoms with van der Waals surface area (Å²) in [5.41, 5.74) is 0. The van der Waals surface area contributed by atoms with Crippen LogP contribution in [0.3, 0.4) is 0 Å². The Bertz CT molecular complexity index is 313. The lowest BCUT2D eigenvalue weighted by Gasteiger charge is -2.09. The molecule has 14 heavy (non-hydrogen) atoms. The van der Waals surface area contributed by atoms with Crippen LogP contribution in [0, 0.1) is 6.92 Å². The molecule has 0 aliphatic carbocycles. The summed E-state index contributed by atoms with van der Waals surface area (Å²) in [5.74, 6) is 1.76. The molecule has 5 nitrogen and oxygen atoms in total. The average molecular weight is 217 g/mol. The fourth-order valence-electron chi connectivity index (χ4n) is 1.08. The van der Waals surface area contributed by atoms with Gasteiger partial charge >= 0.3 is 0 Å². The predicted molar refractivity (Wildman–Crippen MR) is 54.3 cm³/mol. The number of rotatable bonds is 5. The van der Waals surface area contributed by atoms with Crippen LogP contribution in [0.15, 0.2) is 4.42 Å². The Morgan fingerprint density at radius 2 is 2.29 bits per heavy atom. The Kier molecular flexibility index (Phi) is 4.21. The van der Waals surface area contributed by atoms with E-state index in [1.165, 1.54) is 0 Å². The van der Waals surface area contributed by atoms with E-state index in [2.05, 4.69) is 15.5 Å². The number of nitrogens with one attached hydrogen (secondary N) is 1. The molecule has 1 rings (SSSR count). The maximum Gasteiger partial charge on any atom is 0.230 e. The molecular weight excluding hydrogens is 202 g/mol. The molecule has 0 aliphatic heterocycles. The zero-order valence-electron chi connectivity index (χ0n) is 8.61. The summed E-state index contributed by atoms with van der Waals surface area (Å²) in [4.78, 5) is 0. The molecule has 0 saturated heterocycles. The van der Waals surface area contributed by atoms with Gasteiger partial charge in [0.25, 0.3) is 0 Å². The van der Waals surface area contributed by atoms with Gasteiger partial charge in [-0.25, -0.2) is 0 Å². The average Bonchev–Trinajstić information content (AvgIpc) is 2.47. The van der Waals surface area contributed by atoms with Gasteiger partial charge in [-0.1, -0.05) is 0 Å². The van der Waals surface area contributed by atoms with Crippen LogP contribution in [0.4, 0.5) is 0 Å². The molecule has 0 radical (unpaired) electrons. The van der Waals surface area contributed by atoms with Gasteiger partial charge in [-0.05, 0) is 6.92 Å². The molecule has 80 valence electrons. The molecule has 0 bridgehead atoms. The van der Waals surface area contributed by atoms with Crippen molar-refractivity contribution in [2.24, 2.45) is 0 Å². The van der Waals surface area contributed by atoms with Crippen LogP contribution < -0.4 is 5.32 Å². The van der Waals surface area contributed by atoms with Gasteiger partial charge in [0.2, 0.25) is 11.8 Å². The molecule has 0 aromatic carbocycles. The topological polar surface area (TPSA) is 68.0 Å². The van der Waals surface area contributed by atoms with Crippen molar-refractivity contribution in [3.05, 3.63) is 11.8 Å². The Morgan fingerprint density at radius 1 is 1.57 bits per heavy atom. The molecule has 0 aliphatic rings. The first-order valence-electron chi connectivity index (χ1n) is 4.40. The van der Waals surface area contributed by atoms with Crippen LogP contribution >= 0.6 is 0 Å². The minimum Gasteiger partial charge on any atom is -0.424 e. The molecule has 0 amide bonds. The number of hydrogen-bond donors (Lipinski definition) is 1. The van der Waals surface area contributed by atoms with Gasteiger partial charge in [0.1, 0.15) is 0 Å². The summed E-state index contributed by atoms with van der Waals surface area (Å²) < 4.78 is 16.1. The second-order valence-electron chi connectivity index (χ2n) is 3.24. The van der Waals surface area contributed by atoms with Crippen LogP contribution in [-0.2, 0) is 17.3 Å². The molecule has 1 N–H and O–H groups in total. The predicted octanol–water partition coefficient (Wildman–Crippen LogP) is 0.235. The zero-order chi connectivity index (χ0) is 10.6. The second-order valence-corrected chi connectivity index (χ2v) is 4.72. The first-order chi connectivity index (χ1) is 6.58. The number of aromatic nitrogens is 2. The number of nitrogens with zero attached hydrogens (tertiary/aromatic N) is 2. The van der Waals surface area contributed by atoms with Gasteiger partial charge in [0.05, 0.1) is 6.54 Å². The third-order valence-corrected chi connectivity index (χ3v) is 2.62. The van der Waals surface area contributed by atoms with Crippen LogP contribution in [0.2, 0.25) is 0 Å². The molecule has 1 heterocycles. The van der Waals surface area contributed by atoms with E-state index in [1.54, 1.807) is 13.2 Å². The van der Waals surface area contributed by atoms with Gasteiger partial charge < -0.3 is 9.73 Å². The van der Waals surface area contributed by atoms with Crippen molar-refractivity contribution in [2.45, 2.75) is 26.4 Å². The van der Waals surface area contributed by atoms with Crippen molar-refractivity contribution < 1.29 is 8.63 Å². The molecule has 1 aromatic rings. The van der Waals surface area contributed by atoms with E-state index in [9.17, 15) is 4.21 Å². The summed E-state index contributed by atoms with van der Waals surface area (Å²) in [6, 6.07) is 0.188. The largest absolute Gasteiger partial charge is 0.424 e. The Labute approximate surface area is 85.7 Å². The maximum absolute atomic E-state index is 10.9. The maximum atomic E-state index is 10.9. The van der Waals surface area contributed by atoms with Gasteiger partial charge in [0.15, 0.2) is 0 Å². The van der Waals surface area contributed by atoms with Crippen molar-refractivity contribution in [2.75, 3.05) is 12.0 Å². The fraction of sp³-hybridized carbons (Fsp3) is 0.750. The Hall–Kier alpha value is -0.750. The second kappa shape index (κ2) is 5.21. The van der Waals surface area contributed by atoms with E-state index in [0.29, 0.717) is 24.1 Å². The van der Waals surface area contributed by atoms with E-state index in [1.807, 2.05) is 6.92 Å². The lowest BCUT2D eigenvalue weighted by Crippen LogP contribution is -2.30. The highest BCUT2D eigenvalue weighted by Crippen LogP contribution is 1.97. The highest BCUT2D eigenvalue weighted by Gasteiger charge is 2.06. The van der Waals surface area contributed by atoms with E-state index in [0.717, 1.165) is 0 Å². The van der Waals surface area contributed by atoms with Crippen LogP contribution in [-0.4, -0.2) is 32.5 Å².